The lowest BCUT2D eigenvalue weighted by molar-refractivity contribution is -0.137. The van der Waals surface area contributed by atoms with E-state index in [4.69, 9.17) is 5.11 Å². The molecule has 0 spiro atoms. The molecule has 0 radical (unpaired) electrons. The molecule has 1 rings (SSSR count). The van der Waals surface area contributed by atoms with Crippen molar-refractivity contribution in [2.75, 3.05) is 6.26 Å². The van der Waals surface area contributed by atoms with Crippen LogP contribution in [0.4, 0.5) is 0 Å². The van der Waals surface area contributed by atoms with Crippen LogP contribution in [0.1, 0.15) is 31.7 Å². The van der Waals surface area contributed by atoms with E-state index in [2.05, 4.69) is 0 Å². The molecule has 1 atom stereocenters. The molecule has 4 nitrogen and oxygen atoms in total. The van der Waals surface area contributed by atoms with Gasteiger partial charge < -0.3 is 5.11 Å². The van der Waals surface area contributed by atoms with E-state index >= 15 is 0 Å². The van der Waals surface area contributed by atoms with Crippen LogP contribution in [-0.4, -0.2) is 25.7 Å². The fourth-order valence-corrected chi connectivity index (χ4v) is 2.52. The Kier molecular flexibility index (Phi) is 4.51. The molecule has 18 heavy (non-hydrogen) atoms. The summed E-state index contributed by atoms with van der Waals surface area (Å²) in [6.45, 7) is 3.91. The number of rotatable bonds is 5. The molecular formula is C13H18O4S. The lowest BCUT2D eigenvalue weighted by atomic mass is 9.86. The molecule has 0 saturated heterocycles. The van der Waals surface area contributed by atoms with E-state index < -0.39 is 15.8 Å². The van der Waals surface area contributed by atoms with Crippen molar-refractivity contribution >= 4 is 15.8 Å². The zero-order valence-corrected chi connectivity index (χ0v) is 11.6. The number of carboxylic acids is 1. The zero-order valence-electron chi connectivity index (χ0n) is 10.8. The summed E-state index contributed by atoms with van der Waals surface area (Å²) in [7, 11) is -3.20. The maximum atomic E-state index is 11.3. The summed E-state index contributed by atoms with van der Waals surface area (Å²) in [5.74, 6) is -0.762. The van der Waals surface area contributed by atoms with Crippen LogP contribution in [0.15, 0.2) is 29.2 Å². The van der Waals surface area contributed by atoms with E-state index in [0.29, 0.717) is 0 Å². The van der Waals surface area contributed by atoms with Crippen molar-refractivity contribution in [2.45, 2.75) is 31.1 Å². The van der Waals surface area contributed by atoms with E-state index in [1.54, 1.807) is 12.1 Å². The normalized spacial score (nSPS) is 13.6. The van der Waals surface area contributed by atoms with Crippen molar-refractivity contribution in [1.29, 1.82) is 0 Å². The quantitative estimate of drug-likeness (QED) is 0.891. The van der Waals surface area contributed by atoms with Crippen LogP contribution in [-0.2, 0) is 14.6 Å². The molecule has 0 heterocycles. The third kappa shape index (κ3) is 3.84. The number of carboxylic acid groups (broad SMARTS) is 1. The van der Waals surface area contributed by atoms with Gasteiger partial charge in [-0.3, -0.25) is 4.79 Å². The predicted octanol–water partition coefficient (Wildman–Crippen LogP) is 2.30. The third-order valence-electron chi connectivity index (χ3n) is 2.94. The summed E-state index contributed by atoms with van der Waals surface area (Å²) in [6, 6.07) is 6.46. The minimum atomic E-state index is -3.20. The van der Waals surface area contributed by atoms with Crippen LogP contribution >= 0.6 is 0 Å². The van der Waals surface area contributed by atoms with Crippen molar-refractivity contribution in [1.82, 2.24) is 0 Å². The van der Waals surface area contributed by atoms with Gasteiger partial charge in [-0.2, -0.15) is 0 Å². The van der Waals surface area contributed by atoms with Gasteiger partial charge in [-0.05, 0) is 29.5 Å². The summed E-state index contributed by atoms with van der Waals surface area (Å²) in [4.78, 5) is 11.1. The summed E-state index contributed by atoms with van der Waals surface area (Å²) in [6.07, 6.45) is 1.20. The van der Waals surface area contributed by atoms with Gasteiger partial charge in [0.2, 0.25) is 0 Å². The molecular weight excluding hydrogens is 252 g/mol. The van der Waals surface area contributed by atoms with Crippen molar-refractivity contribution in [3.05, 3.63) is 29.8 Å². The Hall–Kier alpha value is -1.36. The van der Waals surface area contributed by atoms with Crippen LogP contribution < -0.4 is 0 Å². The van der Waals surface area contributed by atoms with Gasteiger partial charge >= 0.3 is 5.97 Å². The van der Waals surface area contributed by atoms with Gasteiger partial charge in [0.1, 0.15) is 0 Å². The highest BCUT2D eigenvalue weighted by atomic mass is 32.2. The first-order valence-electron chi connectivity index (χ1n) is 5.73. The molecule has 0 aliphatic heterocycles. The minimum absolute atomic E-state index is 0.0515. The third-order valence-corrected chi connectivity index (χ3v) is 4.06. The summed E-state index contributed by atoms with van der Waals surface area (Å²) >= 11 is 0. The van der Waals surface area contributed by atoms with Gasteiger partial charge in [0.25, 0.3) is 0 Å². The highest BCUT2D eigenvalue weighted by Crippen LogP contribution is 2.28. The Morgan fingerprint density at radius 2 is 1.72 bits per heavy atom. The molecule has 1 unspecified atom stereocenters. The highest BCUT2D eigenvalue weighted by molar-refractivity contribution is 7.90. The Morgan fingerprint density at radius 1 is 1.22 bits per heavy atom. The van der Waals surface area contributed by atoms with E-state index in [-0.39, 0.29) is 23.2 Å². The molecule has 0 aliphatic carbocycles. The fourth-order valence-electron chi connectivity index (χ4n) is 1.89. The van der Waals surface area contributed by atoms with Crippen molar-refractivity contribution in [3.63, 3.8) is 0 Å². The maximum absolute atomic E-state index is 11.3. The van der Waals surface area contributed by atoms with Crippen LogP contribution in [0.3, 0.4) is 0 Å². The second-order valence-corrected chi connectivity index (χ2v) is 6.81. The van der Waals surface area contributed by atoms with Gasteiger partial charge in [-0.15, -0.1) is 0 Å². The number of benzene rings is 1. The van der Waals surface area contributed by atoms with Crippen molar-refractivity contribution in [3.8, 4) is 0 Å². The average Bonchev–Trinajstić information content (AvgIpc) is 2.24. The number of hydrogen-bond acceptors (Lipinski definition) is 3. The van der Waals surface area contributed by atoms with Crippen molar-refractivity contribution in [2.24, 2.45) is 5.92 Å². The maximum Gasteiger partial charge on any atom is 0.303 e. The van der Waals surface area contributed by atoms with E-state index in [9.17, 15) is 13.2 Å². The molecule has 0 aliphatic rings. The van der Waals surface area contributed by atoms with Gasteiger partial charge in [0.15, 0.2) is 9.84 Å². The Bertz CT molecular complexity index is 514. The summed E-state index contributed by atoms with van der Waals surface area (Å²) < 4.78 is 22.7. The topological polar surface area (TPSA) is 71.4 Å². The van der Waals surface area contributed by atoms with Gasteiger partial charge in [0, 0.05) is 6.26 Å². The smallest absolute Gasteiger partial charge is 0.303 e. The monoisotopic (exact) mass is 270 g/mol. The van der Waals surface area contributed by atoms with E-state index in [0.717, 1.165) is 11.8 Å². The van der Waals surface area contributed by atoms with E-state index in [1.807, 2.05) is 13.8 Å². The zero-order chi connectivity index (χ0) is 13.9. The largest absolute Gasteiger partial charge is 0.481 e. The number of aliphatic carboxylic acids is 1. The average molecular weight is 270 g/mol. The first kappa shape index (κ1) is 14.7. The molecule has 0 fully saturated rings. The van der Waals surface area contributed by atoms with E-state index in [1.165, 1.54) is 12.1 Å². The van der Waals surface area contributed by atoms with Crippen LogP contribution in [0.2, 0.25) is 0 Å². The fraction of sp³-hybridized carbons (Fsp3) is 0.462. The molecule has 1 aromatic rings. The van der Waals surface area contributed by atoms with Crippen LogP contribution in [0, 0.1) is 5.92 Å². The minimum Gasteiger partial charge on any atom is -0.481 e. The Balaban J connectivity index is 3.05. The lowest BCUT2D eigenvalue weighted by Crippen LogP contribution is -2.12. The molecule has 0 amide bonds. The Labute approximate surface area is 108 Å². The van der Waals surface area contributed by atoms with Crippen LogP contribution in [0.5, 0.6) is 0 Å². The lowest BCUT2D eigenvalue weighted by Gasteiger charge is -2.19. The summed E-state index contributed by atoms with van der Waals surface area (Å²) in [5, 5.41) is 8.88. The molecule has 1 N–H and O–H groups in total. The molecule has 100 valence electrons. The number of carbonyl (C=O) groups is 1. The SMILES string of the molecule is CC(C)C(CC(=O)O)c1ccc(S(C)(=O)=O)cc1. The molecule has 5 heteroatoms. The summed E-state index contributed by atoms with van der Waals surface area (Å²) in [5.41, 5.74) is 0.861. The molecule has 0 bridgehead atoms. The highest BCUT2D eigenvalue weighted by Gasteiger charge is 2.19. The molecule has 1 aromatic carbocycles. The number of hydrogen-bond donors (Lipinski definition) is 1. The molecule has 0 saturated carbocycles. The van der Waals surface area contributed by atoms with Gasteiger partial charge in [0.05, 0.1) is 11.3 Å². The van der Waals surface area contributed by atoms with Gasteiger partial charge in [-0.1, -0.05) is 26.0 Å². The van der Waals surface area contributed by atoms with Crippen molar-refractivity contribution < 1.29 is 18.3 Å². The predicted molar refractivity (Wildman–Crippen MR) is 69.4 cm³/mol. The second-order valence-electron chi connectivity index (χ2n) is 4.79. The van der Waals surface area contributed by atoms with Crippen LogP contribution in [0.25, 0.3) is 0 Å². The molecule has 0 aromatic heterocycles. The second kappa shape index (κ2) is 5.52. The number of sulfone groups is 1. The standard InChI is InChI=1S/C13H18O4S/c1-9(2)12(8-13(14)15)10-4-6-11(7-5-10)18(3,16)17/h4-7,9,12H,8H2,1-3H3,(H,14,15). The first-order valence-corrected chi connectivity index (χ1v) is 7.62. The Morgan fingerprint density at radius 3 is 2.06 bits per heavy atom. The van der Waals surface area contributed by atoms with Gasteiger partial charge in [-0.25, -0.2) is 8.42 Å². The first-order chi connectivity index (χ1) is 8.21.